The molecule has 1 aromatic carbocycles. The molecule has 0 saturated carbocycles. The van der Waals surface area contributed by atoms with Crippen LogP contribution in [0.5, 0.6) is 0 Å². The lowest BCUT2D eigenvalue weighted by atomic mass is 10.1. The molecule has 0 saturated heterocycles. The van der Waals surface area contributed by atoms with E-state index in [1.807, 2.05) is 6.92 Å². The molecule has 0 unspecified atom stereocenters. The summed E-state index contributed by atoms with van der Waals surface area (Å²) in [5.41, 5.74) is 0.429. The minimum Gasteiger partial charge on any atom is -0.357 e. The Morgan fingerprint density at radius 1 is 1.32 bits per heavy atom. The normalized spacial score (nSPS) is 11.4. The molecule has 122 valence electrons. The van der Waals surface area contributed by atoms with Crippen LogP contribution in [0, 0.1) is 11.7 Å². The van der Waals surface area contributed by atoms with E-state index in [1.54, 1.807) is 12.1 Å². The number of carbonyl (C=O) groups excluding carboxylic acids is 1. The fraction of sp³-hybridized carbons (Fsp3) is 0.500. The molecule has 0 radical (unpaired) electrons. The van der Waals surface area contributed by atoms with Gasteiger partial charge in [0.1, 0.15) is 12.4 Å². The predicted octanol–water partition coefficient (Wildman–Crippen LogP) is 2.37. The maximum Gasteiger partial charge on any atom is 0.246 e. The van der Waals surface area contributed by atoms with Crippen molar-refractivity contribution in [3.63, 3.8) is 0 Å². The Hall–Kier alpha value is -2.11. The predicted molar refractivity (Wildman–Crippen MR) is 88.5 cm³/mol. The highest BCUT2D eigenvalue weighted by Gasteiger charge is 2.04. The molecule has 0 aliphatic heterocycles. The van der Waals surface area contributed by atoms with Gasteiger partial charge in [0.05, 0.1) is 0 Å². The van der Waals surface area contributed by atoms with E-state index in [9.17, 15) is 9.18 Å². The summed E-state index contributed by atoms with van der Waals surface area (Å²) in [5.74, 6) is 0.542. The van der Waals surface area contributed by atoms with E-state index < -0.39 is 0 Å². The first-order valence-corrected chi connectivity index (χ1v) is 7.59. The molecular formula is C16H25FN4O. The van der Waals surface area contributed by atoms with Crippen molar-refractivity contribution in [1.29, 1.82) is 0 Å². The lowest BCUT2D eigenvalue weighted by Crippen LogP contribution is -2.38. The molecule has 0 atom stereocenters. The largest absolute Gasteiger partial charge is 0.357 e. The molecule has 6 heteroatoms. The highest BCUT2D eigenvalue weighted by molar-refractivity contribution is 5.94. The minimum atomic E-state index is -0.384. The van der Waals surface area contributed by atoms with Crippen LogP contribution in [0.4, 0.5) is 10.1 Å². The highest BCUT2D eigenvalue weighted by atomic mass is 19.1. The molecule has 3 N–H and O–H groups in total. The Labute approximate surface area is 131 Å². The van der Waals surface area contributed by atoms with Crippen molar-refractivity contribution in [3.8, 4) is 0 Å². The average molecular weight is 308 g/mol. The second kappa shape index (κ2) is 9.76. The van der Waals surface area contributed by atoms with Gasteiger partial charge in [0.15, 0.2) is 5.96 Å². The van der Waals surface area contributed by atoms with E-state index >= 15 is 0 Å². The molecule has 22 heavy (non-hydrogen) atoms. The second-order valence-corrected chi connectivity index (χ2v) is 5.36. The minimum absolute atomic E-state index is 0.0203. The maximum atomic E-state index is 13.0. The molecule has 1 aromatic rings. The van der Waals surface area contributed by atoms with Crippen molar-refractivity contribution in [3.05, 3.63) is 30.1 Å². The number of rotatable bonds is 7. The molecule has 0 spiro atoms. The van der Waals surface area contributed by atoms with Gasteiger partial charge >= 0.3 is 0 Å². The van der Waals surface area contributed by atoms with Gasteiger partial charge in [0.2, 0.25) is 5.91 Å². The zero-order valence-electron chi connectivity index (χ0n) is 13.4. The zero-order chi connectivity index (χ0) is 16.4. The number of halogens is 1. The van der Waals surface area contributed by atoms with Gasteiger partial charge in [-0.2, -0.15) is 0 Å². The number of carbonyl (C=O) groups is 1. The zero-order valence-corrected chi connectivity index (χ0v) is 13.4. The van der Waals surface area contributed by atoms with Gasteiger partial charge < -0.3 is 16.0 Å². The third-order valence-corrected chi connectivity index (χ3v) is 2.85. The third kappa shape index (κ3) is 7.61. The van der Waals surface area contributed by atoms with Gasteiger partial charge in [-0.3, -0.25) is 4.79 Å². The first-order chi connectivity index (χ1) is 10.5. The van der Waals surface area contributed by atoms with E-state index in [0.29, 0.717) is 17.6 Å². The van der Waals surface area contributed by atoms with Crippen molar-refractivity contribution in [1.82, 2.24) is 10.6 Å². The number of hydrogen-bond donors (Lipinski definition) is 3. The van der Waals surface area contributed by atoms with Crippen LogP contribution in [0.25, 0.3) is 0 Å². The van der Waals surface area contributed by atoms with Crippen molar-refractivity contribution in [2.45, 2.75) is 27.2 Å². The summed E-state index contributed by atoms with van der Waals surface area (Å²) in [5, 5.41) is 8.88. The summed E-state index contributed by atoms with van der Waals surface area (Å²) < 4.78 is 13.0. The molecule has 0 aliphatic carbocycles. The summed E-state index contributed by atoms with van der Waals surface area (Å²) in [6.45, 7) is 7.77. The summed E-state index contributed by atoms with van der Waals surface area (Å²) >= 11 is 0. The number of nitrogens with zero attached hydrogens (tertiary/aromatic N) is 1. The van der Waals surface area contributed by atoms with Gasteiger partial charge in [-0.25, -0.2) is 9.38 Å². The lowest BCUT2D eigenvalue weighted by molar-refractivity contribution is -0.114. The first-order valence-electron chi connectivity index (χ1n) is 7.59. The van der Waals surface area contributed by atoms with Gasteiger partial charge in [-0.1, -0.05) is 19.9 Å². The Kier molecular flexibility index (Phi) is 7.96. The van der Waals surface area contributed by atoms with Crippen LogP contribution in [0.15, 0.2) is 29.3 Å². The Balaban J connectivity index is 2.48. The van der Waals surface area contributed by atoms with Gasteiger partial charge in [0.25, 0.3) is 0 Å². The topological polar surface area (TPSA) is 65.5 Å². The molecule has 0 heterocycles. The molecule has 0 bridgehead atoms. The average Bonchev–Trinajstić information content (AvgIpc) is 2.44. The van der Waals surface area contributed by atoms with Crippen LogP contribution in [-0.2, 0) is 4.79 Å². The van der Waals surface area contributed by atoms with Gasteiger partial charge in [-0.15, -0.1) is 0 Å². The van der Waals surface area contributed by atoms with E-state index in [-0.39, 0.29) is 18.3 Å². The van der Waals surface area contributed by atoms with Crippen LogP contribution in [0.1, 0.15) is 27.2 Å². The van der Waals surface area contributed by atoms with Gasteiger partial charge in [-0.05, 0) is 37.5 Å². The fourth-order valence-electron chi connectivity index (χ4n) is 1.74. The van der Waals surface area contributed by atoms with E-state index in [4.69, 9.17) is 0 Å². The van der Waals surface area contributed by atoms with Crippen LogP contribution >= 0.6 is 0 Å². The standard InChI is InChI=1S/C16H25FN4O/c1-4-18-16(19-9-8-12(2)3)20-11-15(22)21-14-7-5-6-13(17)10-14/h5-7,10,12H,4,8-9,11H2,1-3H3,(H,21,22)(H2,18,19,20). The van der Waals surface area contributed by atoms with Gasteiger partial charge in [0, 0.05) is 18.8 Å². The molecular weight excluding hydrogens is 283 g/mol. The Bertz CT molecular complexity index is 503. The SMILES string of the molecule is CCNC(=NCC(=O)Nc1cccc(F)c1)NCCC(C)C. The number of anilines is 1. The molecule has 0 aliphatic rings. The summed E-state index contributed by atoms with van der Waals surface area (Å²) in [6, 6.07) is 5.78. The number of amides is 1. The maximum absolute atomic E-state index is 13.0. The molecule has 1 amide bonds. The molecule has 0 aromatic heterocycles. The third-order valence-electron chi connectivity index (χ3n) is 2.85. The van der Waals surface area contributed by atoms with Crippen molar-refractivity contribution < 1.29 is 9.18 Å². The smallest absolute Gasteiger partial charge is 0.246 e. The monoisotopic (exact) mass is 308 g/mol. The molecule has 0 fully saturated rings. The lowest BCUT2D eigenvalue weighted by Gasteiger charge is -2.12. The van der Waals surface area contributed by atoms with Crippen LogP contribution in [0.2, 0.25) is 0 Å². The fourth-order valence-corrected chi connectivity index (χ4v) is 1.74. The summed E-state index contributed by atoms with van der Waals surface area (Å²) in [7, 11) is 0. The number of nitrogens with one attached hydrogen (secondary N) is 3. The van der Waals surface area contributed by atoms with Crippen molar-refractivity contribution >= 4 is 17.6 Å². The van der Waals surface area contributed by atoms with Crippen LogP contribution in [-0.4, -0.2) is 31.5 Å². The Morgan fingerprint density at radius 2 is 2.09 bits per heavy atom. The van der Waals surface area contributed by atoms with Crippen molar-refractivity contribution in [2.24, 2.45) is 10.9 Å². The second-order valence-electron chi connectivity index (χ2n) is 5.36. The van der Waals surface area contributed by atoms with Crippen LogP contribution in [0.3, 0.4) is 0 Å². The molecule has 1 rings (SSSR count). The first kappa shape index (κ1) is 17.9. The quantitative estimate of drug-likeness (QED) is 0.535. The Morgan fingerprint density at radius 3 is 2.73 bits per heavy atom. The summed E-state index contributed by atoms with van der Waals surface area (Å²) in [4.78, 5) is 16.0. The number of benzene rings is 1. The molecule has 5 nitrogen and oxygen atoms in total. The number of hydrogen-bond acceptors (Lipinski definition) is 2. The summed E-state index contributed by atoms with van der Waals surface area (Å²) in [6.07, 6.45) is 1.03. The van der Waals surface area contributed by atoms with E-state index in [2.05, 4.69) is 34.8 Å². The van der Waals surface area contributed by atoms with Crippen molar-refractivity contribution in [2.75, 3.05) is 25.0 Å². The van der Waals surface area contributed by atoms with E-state index in [1.165, 1.54) is 12.1 Å². The van der Waals surface area contributed by atoms with E-state index in [0.717, 1.165) is 19.5 Å². The highest BCUT2D eigenvalue weighted by Crippen LogP contribution is 2.08. The number of aliphatic imine (C=N–C) groups is 1. The number of guanidine groups is 1. The van der Waals surface area contributed by atoms with Crippen LogP contribution < -0.4 is 16.0 Å².